The predicted octanol–water partition coefficient (Wildman–Crippen LogP) is 1.27. The molecular formula is C11H14N2O6S. The number of carboxylic acids is 1. The number of carbonyl (C=O) groups is 2. The van der Waals surface area contributed by atoms with E-state index in [2.05, 4.69) is 5.32 Å². The minimum absolute atomic E-state index is 0.0830. The number of methoxy groups -OCH3 is 1. The van der Waals surface area contributed by atoms with Gasteiger partial charge >= 0.3 is 11.0 Å². The Labute approximate surface area is 118 Å². The van der Waals surface area contributed by atoms with Gasteiger partial charge in [-0.25, -0.2) is 4.79 Å². The third-order valence-corrected chi connectivity index (χ3v) is 3.35. The Morgan fingerprint density at radius 1 is 1.60 bits per heavy atom. The zero-order chi connectivity index (χ0) is 15.1. The first-order valence-corrected chi connectivity index (χ1v) is 6.59. The van der Waals surface area contributed by atoms with Gasteiger partial charge < -0.3 is 15.2 Å². The van der Waals surface area contributed by atoms with Gasteiger partial charge in [-0.05, 0) is 12.8 Å². The van der Waals surface area contributed by atoms with E-state index in [-0.39, 0.29) is 17.0 Å². The number of thiophene rings is 1. The molecule has 9 heteroatoms. The molecule has 0 fully saturated rings. The maximum atomic E-state index is 11.8. The molecule has 20 heavy (non-hydrogen) atoms. The van der Waals surface area contributed by atoms with Gasteiger partial charge in [0.1, 0.15) is 6.04 Å². The Kier molecular flexibility index (Phi) is 6.07. The summed E-state index contributed by atoms with van der Waals surface area (Å²) in [5, 5.41) is 23.0. The molecule has 0 aromatic carbocycles. The zero-order valence-corrected chi connectivity index (χ0v) is 11.5. The van der Waals surface area contributed by atoms with Crippen molar-refractivity contribution >= 4 is 28.2 Å². The summed E-state index contributed by atoms with van der Waals surface area (Å²) in [4.78, 5) is 32.7. The minimum atomic E-state index is -1.15. The molecule has 1 amide bonds. The summed E-state index contributed by atoms with van der Waals surface area (Å²) >= 11 is 0.816. The molecule has 0 saturated heterocycles. The Morgan fingerprint density at radius 3 is 2.80 bits per heavy atom. The Hall–Kier alpha value is -2.00. The molecule has 1 rings (SSSR count). The minimum Gasteiger partial charge on any atom is -0.480 e. The first-order valence-electron chi connectivity index (χ1n) is 5.71. The summed E-state index contributed by atoms with van der Waals surface area (Å²) < 4.78 is 4.81. The molecule has 1 heterocycles. The van der Waals surface area contributed by atoms with E-state index in [1.165, 1.54) is 12.5 Å². The van der Waals surface area contributed by atoms with E-state index in [0.29, 0.717) is 13.0 Å². The van der Waals surface area contributed by atoms with Crippen LogP contribution >= 0.6 is 11.3 Å². The maximum Gasteiger partial charge on any atom is 0.326 e. The van der Waals surface area contributed by atoms with Crippen molar-refractivity contribution in [3.63, 3.8) is 0 Å². The van der Waals surface area contributed by atoms with Gasteiger partial charge in [0, 0.05) is 25.2 Å². The lowest BCUT2D eigenvalue weighted by molar-refractivity contribution is -0.380. The molecule has 0 bridgehead atoms. The van der Waals surface area contributed by atoms with Gasteiger partial charge in [0.05, 0.1) is 10.5 Å². The largest absolute Gasteiger partial charge is 0.480 e. The molecule has 0 aliphatic heterocycles. The van der Waals surface area contributed by atoms with Crippen molar-refractivity contribution in [2.45, 2.75) is 18.9 Å². The second-order valence-electron chi connectivity index (χ2n) is 3.93. The van der Waals surface area contributed by atoms with Crippen LogP contribution < -0.4 is 5.32 Å². The van der Waals surface area contributed by atoms with Crippen molar-refractivity contribution in [3.05, 3.63) is 27.1 Å². The lowest BCUT2D eigenvalue weighted by atomic mass is 10.1. The molecular weight excluding hydrogens is 288 g/mol. The molecule has 0 aliphatic carbocycles. The molecule has 0 aliphatic rings. The SMILES string of the molecule is COCCCC(NC(=O)c1csc([N+](=O)[O-])c1)C(=O)O. The molecule has 8 nitrogen and oxygen atoms in total. The number of ether oxygens (including phenoxy) is 1. The average molecular weight is 302 g/mol. The highest BCUT2D eigenvalue weighted by molar-refractivity contribution is 7.13. The van der Waals surface area contributed by atoms with E-state index in [9.17, 15) is 19.7 Å². The molecule has 1 aromatic heterocycles. The van der Waals surface area contributed by atoms with Crippen molar-refractivity contribution in [2.75, 3.05) is 13.7 Å². The van der Waals surface area contributed by atoms with E-state index in [1.54, 1.807) is 0 Å². The zero-order valence-electron chi connectivity index (χ0n) is 10.7. The summed E-state index contributed by atoms with van der Waals surface area (Å²) in [7, 11) is 1.50. The summed E-state index contributed by atoms with van der Waals surface area (Å²) in [6.07, 6.45) is 0.707. The number of hydrogen-bond donors (Lipinski definition) is 2. The van der Waals surface area contributed by atoms with Crippen LogP contribution in [-0.2, 0) is 9.53 Å². The van der Waals surface area contributed by atoms with E-state index in [1.807, 2.05) is 0 Å². The van der Waals surface area contributed by atoms with Crippen molar-refractivity contribution < 1.29 is 24.4 Å². The monoisotopic (exact) mass is 302 g/mol. The normalized spacial score (nSPS) is 11.8. The number of hydrogen-bond acceptors (Lipinski definition) is 6. The van der Waals surface area contributed by atoms with Crippen LogP contribution in [0, 0.1) is 10.1 Å². The average Bonchev–Trinajstić information content (AvgIpc) is 2.87. The standard InChI is InChI=1S/C11H14N2O6S/c1-19-4-2-3-8(11(15)16)12-10(14)7-5-9(13(17)18)20-6-7/h5-6,8H,2-4H2,1H3,(H,12,14)(H,15,16). The third kappa shape index (κ3) is 4.59. The summed E-state index contributed by atoms with van der Waals surface area (Å²) in [5.41, 5.74) is 0.0830. The number of nitrogens with one attached hydrogen (secondary N) is 1. The summed E-state index contributed by atoms with van der Waals surface area (Å²) in [6, 6.07) is 0.0743. The summed E-state index contributed by atoms with van der Waals surface area (Å²) in [5.74, 6) is -1.79. The van der Waals surface area contributed by atoms with E-state index >= 15 is 0 Å². The van der Waals surface area contributed by atoms with Crippen LogP contribution in [0.25, 0.3) is 0 Å². The van der Waals surface area contributed by atoms with Gasteiger partial charge in [0.2, 0.25) is 0 Å². The second kappa shape index (κ2) is 7.56. The van der Waals surface area contributed by atoms with Crippen molar-refractivity contribution in [1.82, 2.24) is 5.32 Å². The van der Waals surface area contributed by atoms with Crippen LogP contribution in [0.3, 0.4) is 0 Å². The van der Waals surface area contributed by atoms with Crippen LogP contribution in [-0.4, -0.2) is 41.7 Å². The molecule has 1 unspecified atom stereocenters. The number of carbonyl (C=O) groups excluding carboxylic acids is 1. The fourth-order valence-electron chi connectivity index (χ4n) is 1.47. The molecule has 110 valence electrons. The number of rotatable bonds is 8. The molecule has 0 radical (unpaired) electrons. The van der Waals surface area contributed by atoms with Gasteiger partial charge in [-0.15, -0.1) is 0 Å². The third-order valence-electron chi connectivity index (χ3n) is 2.47. The van der Waals surface area contributed by atoms with Gasteiger partial charge in [0.25, 0.3) is 5.91 Å². The number of amides is 1. The highest BCUT2D eigenvalue weighted by Gasteiger charge is 2.22. The molecule has 1 atom stereocenters. The topological polar surface area (TPSA) is 119 Å². The van der Waals surface area contributed by atoms with Crippen LogP contribution in [0.15, 0.2) is 11.4 Å². The van der Waals surface area contributed by atoms with Gasteiger partial charge in [-0.2, -0.15) is 0 Å². The van der Waals surface area contributed by atoms with Gasteiger partial charge in [-0.3, -0.25) is 14.9 Å². The number of carboxylic acid groups (broad SMARTS) is 1. The molecule has 2 N–H and O–H groups in total. The van der Waals surface area contributed by atoms with Crippen molar-refractivity contribution in [2.24, 2.45) is 0 Å². The summed E-state index contributed by atoms with van der Waals surface area (Å²) in [6.45, 7) is 0.392. The predicted molar refractivity (Wildman–Crippen MR) is 71.0 cm³/mol. The maximum absolute atomic E-state index is 11.8. The number of nitro groups is 1. The van der Waals surface area contributed by atoms with E-state index in [0.717, 1.165) is 17.4 Å². The van der Waals surface area contributed by atoms with Crippen LogP contribution in [0.5, 0.6) is 0 Å². The van der Waals surface area contributed by atoms with Gasteiger partial charge in [0.15, 0.2) is 0 Å². The Bertz CT molecular complexity index is 501. The molecule has 1 aromatic rings. The van der Waals surface area contributed by atoms with Crippen LogP contribution in [0.4, 0.5) is 5.00 Å². The second-order valence-corrected chi connectivity index (χ2v) is 4.82. The smallest absolute Gasteiger partial charge is 0.326 e. The number of aliphatic carboxylic acids is 1. The van der Waals surface area contributed by atoms with Crippen LogP contribution in [0.1, 0.15) is 23.2 Å². The Morgan fingerprint density at radius 2 is 2.30 bits per heavy atom. The fraction of sp³-hybridized carbons (Fsp3) is 0.455. The lowest BCUT2D eigenvalue weighted by Crippen LogP contribution is -2.40. The molecule has 0 saturated carbocycles. The van der Waals surface area contributed by atoms with Crippen molar-refractivity contribution in [3.8, 4) is 0 Å². The molecule has 0 spiro atoms. The quantitative estimate of drug-likeness (QED) is 0.424. The Balaban J connectivity index is 2.64. The van der Waals surface area contributed by atoms with Gasteiger partial charge in [-0.1, -0.05) is 11.3 Å². The first-order chi connectivity index (χ1) is 9.45. The highest BCUT2D eigenvalue weighted by atomic mass is 32.1. The van der Waals surface area contributed by atoms with E-state index in [4.69, 9.17) is 9.84 Å². The van der Waals surface area contributed by atoms with Crippen LogP contribution in [0.2, 0.25) is 0 Å². The first kappa shape index (κ1) is 16.1. The van der Waals surface area contributed by atoms with Crippen molar-refractivity contribution in [1.29, 1.82) is 0 Å². The van der Waals surface area contributed by atoms with E-state index < -0.39 is 22.8 Å². The number of nitrogens with zero attached hydrogens (tertiary/aromatic N) is 1. The lowest BCUT2D eigenvalue weighted by Gasteiger charge is -2.13. The highest BCUT2D eigenvalue weighted by Crippen LogP contribution is 2.22. The fourth-order valence-corrected chi connectivity index (χ4v) is 2.17.